The molecule has 0 saturated carbocycles. The van der Waals surface area contributed by atoms with Gasteiger partial charge in [-0.15, -0.1) is 0 Å². The number of hydrogen-bond acceptors (Lipinski definition) is 4. The lowest BCUT2D eigenvalue weighted by atomic mass is 9.91. The molecule has 0 aliphatic rings. The predicted octanol–water partition coefficient (Wildman–Crippen LogP) is 15.4. The predicted molar refractivity (Wildman–Crippen MR) is 292 cm³/mol. The molecule has 6 heterocycles. The Balaban J connectivity index is 1.14. The third kappa shape index (κ3) is 5.32. The number of nitriles is 2. The van der Waals surface area contributed by atoms with Crippen molar-refractivity contribution in [1.29, 1.82) is 10.5 Å². The molecular formula is C64H36N8. The van der Waals surface area contributed by atoms with E-state index in [2.05, 4.69) is 206 Å². The number of nitrogens with zero attached hydrogens (tertiary/aromatic N) is 8. The molecule has 0 amide bonds. The van der Waals surface area contributed by atoms with Crippen LogP contribution in [-0.2, 0) is 0 Å². The van der Waals surface area contributed by atoms with Gasteiger partial charge in [0.2, 0.25) is 0 Å². The van der Waals surface area contributed by atoms with Crippen LogP contribution in [0.15, 0.2) is 219 Å². The molecule has 0 saturated heterocycles. The third-order valence-corrected chi connectivity index (χ3v) is 14.8. The normalized spacial score (nSPS) is 11.9. The minimum atomic E-state index is 0.354. The Morgan fingerprint density at radius 2 is 0.792 bits per heavy atom. The highest BCUT2D eigenvalue weighted by Gasteiger charge is 2.29. The monoisotopic (exact) mass is 916 g/mol. The fourth-order valence-electron chi connectivity index (χ4n) is 11.9. The molecule has 0 radical (unpaired) electrons. The van der Waals surface area contributed by atoms with Crippen LogP contribution in [-0.4, -0.2) is 28.2 Å². The summed E-state index contributed by atoms with van der Waals surface area (Å²) in [5.41, 5.74) is 14.0. The van der Waals surface area contributed by atoms with Gasteiger partial charge in [0.15, 0.2) is 0 Å². The standard InChI is InChI=1S/C64H36N8/c65-35-48-58(71-54-27-13-9-22-46(54)61-56(71)31-29-44-42-20-7-11-25-52(42)69(63(44)61)39-16-3-1-4-17-39)34-59(49(36-66)60(48)50-37-67-38-51-41(50)24-15-33-68-51)72-55-28-14-10-23-47(55)62-57(72)32-30-45-43-21-8-12-26-53(43)70(64(45)62)40-18-5-2-6-19-40/h1-34,37-38H. The number of pyridine rings is 2. The molecule has 0 bridgehead atoms. The highest BCUT2D eigenvalue weighted by atomic mass is 15.0. The van der Waals surface area contributed by atoms with Crippen LogP contribution in [0.3, 0.4) is 0 Å². The van der Waals surface area contributed by atoms with Crippen LogP contribution < -0.4 is 0 Å². The zero-order valence-electron chi connectivity index (χ0n) is 38.4. The highest BCUT2D eigenvalue weighted by Crippen LogP contribution is 2.48. The van der Waals surface area contributed by atoms with E-state index in [0.717, 1.165) is 104 Å². The maximum Gasteiger partial charge on any atom is 0.102 e. The average molecular weight is 917 g/mol. The van der Waals surface area contributed by atoms with Crippen LogP contribution in [0.5, 0.6) is 0 Å². The zero-order chi connectivity index (χ0) is 47.6. The van der Waals surface area contributed by atoms with Gasteiger partial charge in [-0.1, -0.05) is 127 Å². The number of fused-ring (bicyclic) bond motifs is 15. The number of rotatable bonds is 5. The van der Waals surface area contributed by atoms with Gasteiger partial charge in [-0.3, -0.25) is 9.97 Å². The molecule has 0 N–H and O–H groups in total. The van der Waals surface area contributed by atoms with Gasteiger partial charge < -0.3 is 18.3 Å². The van der Waals surface area contributed by atoms with Crippen molar-refractivity contribution < 1.29 is 0 Å². The quantitative estimate of drug-likeness (QED) is 0.172. The molecule has 332 valence electrons. The Bertz CT molecular complexity index is 4610. The summed E-state index contributed by atoms with van der Waals surface area (Å²) in [6.07, 6.45) is 5.25. The first-order chi connectivity index (χ1) is 35.7. The summed E-state index contributed by atoms with van der Waals surface area (Å²) in [6, 6.07) is 75.3. The first kappa shape index (κ1) is 39.7. The lowest BCUT2D eigenvalue weighted by molar-refractivity contribution is 1.12. The van der Waals surface area contributed by atoms with Crippen LogP contribution >= 0.6 is 0 Å². The van der Waals surface area contributed by atoms with Crippen LogP contribution in [0.1, 0.15) is 11.1 Å². The van der Waals surface area contributed by atoms with Gasteiger partial charge in [-0.25, -0.2) is 0 Å². The van der Waals surface area contributed by atoms with Gasteiger partial charge in [0, 0.05) is 83.4 Å². The van der Waals surface area contributed by atoms with Crippen molar-refractivity contribution in [3.05, 3.63) is 230 Å². The Labute approximate surface area is 410 Å². The molecule has 8 heteroatoms. The van der Waals surface area contributed by atoms with Gasteiger partial charge in [-0.2, -0.15) is 10.5 Å². The summed E-state index contributed by atoms with van der Waals surface area (Å²) >= 11 is 0. The molecule has 6 aromatic heterocycles. The number of benzene rings is 9. The molecule has 15 aromatic rings. The SMILES string of the molecule is N#Cc1c(-n2c3ccccc3c3c2ccc2c4ccccc4n(-c4ccccc4)c23)cc(-n2c3ccccc3c3c2ccc2c4ccccc4n(-c4ccccc4)c23)c(C#N)c1-c1cncc2ncccc12. The van der Waals surface area contributed by atoms with E-state index in [0.29, 0.717) is 39.1 Å². The van der Waals surface area contributed by atoms with Crippen molar-refractivity contribution in [3.8, 4) is 46.0 Å². The largest absolute Gasteiger partial charge is 0.309 e. The van der Waals surface area contributed by atoms with Crippen molar-refractivity contribution in [2.45, 2.75) is 0 Å². The summed E-state index contributed by atoms with van der Waals surface area (Å²) in [6.45, 7) is 0. The van der Waals surface area contributed by atoms with Gasteiger partial charge in [-0.05, 0) is 72.8 Å². The molecule has 0 aliphatic heterocycles. The summed E-state index contributed by atoms with van der Waals surface area (Å²) in [7, 11) is 0. The molecule has 8 nitrogen and oxygen atoms in total. The molecule has 0 atom stereocenters. The molecule has 0 fully saturated rings. The van der Waals surface area contributed by atoms with E-state index < -0.39 is 0 Å². The molecule has 9 aromatic carbocycles. The average Bonchev–Trinajstić information content (AvgIpc) is 4.18. The minimum Gasteiger partial charge on any atom is -0.309 e. The molecule has 0 aliphatic carbocycles. The fourth-order valence-corrected chi connectivity index (χ4v) is 11.9. The maximum absolute atomic E-state index is 11.8. The number of para-hydroxylation sites is 6. The topological polar surface area (TPSA) is 93.1 Å². The smallest absolute Gasteiger partial charge is 0.102 e. The van der Waals surface area contributed by atoms with E-state index in [4.69, 9.17) is 9.97 Å². The molecule has 72 heavy (non-hydrogen) atoms. The minimum absolute atomic E-state index is 0.354. The van der Waals surface area contributed by atoms with Gasteiger partial charge in [0.1, 0.15) is 12.1 Å². The van der Waals surface area contributed by atoms with E-state index in [9.17, 15) is 10.5 Å². The number of aromatic nitrogens is 6. The van der Waals surface area contributed by atoms with Crippen LogP contribution in [0, 0.1) is 22.7 Å². The Hall–Kier alpha value is -10.3. The molecule has 0 unspecified atom stereocenters. The van der Waals surface area contributed by atoms with E-state index >= 15 is 0 Å². The second-order valence-corrected chi connectivity index (χ2v) is 18.3. The van der Waals surface area contributed by atoms with E-state index in [1.807, 2.05) is 24.3 Å². The lowest BCUT2D eigenvalue weighted by Gasteiger charge is -2.20. The Morgan fingerprint density at radius 1 is 0.361 bits per heavy atom. The maximum atomic E-state index is 11.8. The van der Waals surface area contributed by atoms with Crippen molar-refractivity contribution in [1.82, 2.24) is 28.2 Å². The van der Waals surface area contributed by atoms with Gasteiger partial charge >= 0.3 is 0 Å². The van der Waals surface area contributed by atoms with E-state index in [1.165, 1.54) is 0 Å². The third-order valence-electron chi connectivity index (χ3n) is 14.8. The summed E-state index contributed by atoms with van der Waals surface area (Å²) in [5.74, 6) is 0. The van der Waals surface area contributed by atoms with E-state index in [-0.39, 0.29) is 0 Å². The first-order valence-corrected chi connectivity index (χ1v) is 23.9. The fraction of sp³-hybridized carbons (Fsp3) is 0. The second kappa shape index (κ2) is 15.1. The number of hydrogen-bond donors (Lipinski definition) is 0. The lowest BCUT2D eigenvalue weighted by Crippen LogP contribution is -2.08. The van der Waals surface area contributed by atoms with Crippen molar-refractivity contribution in [2.75, 3.05) is 0 Å². The van der Waals surface area contributed by atoms with Gasteiger partial charge in [0.25, 0.3) is 0 Å². The zero-order valence-corrected chi connectivity index (χ0v) is 38.4. The summed E-state index contributed by atoms with van der Waals surface area (Å²) < 4.78 is 9.21. The summed E-state index contributed by atoms with van der Waals surface area (Å²) in [5, 5.41) is 33.2. The van der Waals surface area contributed by atoms with Crippen LogP contribution in [0.2, 0.25) is 0 Å². The van der Waals surface area contributed by atoms with Crippen molar-refractivity contribution in [3.63, 3.8) is 0 Å². The Morgan fingerprint density at radius 3 is 1.28 bits per heavy atom. The molecule has 0 spiro atoms. The van der Waals surface area contributed by atoms with Gasteiger partial charge in [0.05, 0.1) is 78.3 Å². The van der Waals surface area contributed by atoms with Crippen molar-refractivity contribution >= 4 is 98.1 Å². The second-order valence-electron chi connectivity index (χ2n) is 18.3. The Kier molecular flexibility index (Phi) is 8.33. The van der Waals surface area contributed by atoms with Crippen LogP contribution in [0.25, 0.3) is 132 Å². The molecule has 15 rings (SSSR count). The summed E-state index contributed by atoms with van der Waals surface area (Å²) in [4.78, 5) is 9.41. The van der Waals surface area contributed by atoms with E-state index in [1.54, 1.807) is 18.6 Å². The highest BCUT2D eigenvalue weighted by molar-refractivity contribution is 6.28. The van der Waals surface area contributed by atoms with Crippen molar-refractivity contribution in [2.24, 2.45) is 0 Å². The molecular weight excluding hydrogens is 881 g/mol. The van der Waals surface area contributed by atoms with Crippen LogP contribution in [0.4, 0.5) is 0 Å². The first-order valence-electron chi connectivity index (χ1n) is 23.9.